The van der Waals surface area contributed by atoms with E-state index in [1.165, 1.54) is 0 Å². The molecule has 1 atom stereocenters. The number of aliphatic hydroxyl groups is 1. The van der Waals surface area contributed by atoms with E-state index in [-0.39, 0.29) is 12.5 Å². The normalized spacial score (nSPS) is 12.2. The summed E-state index contributed by atoms with van der Waals surface area (Å²) in [4.78, 5) is 12.3. The largest absolute Gasteiger partial charge is 0.394 e. The number of amides is 1. The number of benzene rings is 1. The predicted octanol–water partition coefficient (Wildman–Crippen LogP) is 2.01. The number of aliphatic hydroxyl groups excluding tert-OH is 1. The van der Waals surface area contributed by atoms with Gasteiger partial charge in [-0.15, -0.1) is 0 Å². The Morgan fingerprint density at radius 3 is 2.70 bits per heavy atom. The Hall–Kier alpha value is -2.14. The highest BCUT2D eigenvalue weighted by Crippen LogP contribution is 2.17. The Morgan fingerprint density at radius 1 is 1.40 bits per heavy atom. The van der Waals surface area contributed by atoms with Gasteiger partial charge in [0.1, 0.15) is 11.3 Å². The molecule has 0 spiro atoms. The molecule has 0 fully saturated rings. The third-order valence-corrected chi connectivity index (χ3v) is 3.19. The fourth-order valence-corrected chi connectivity index (χ4v) is 2.10. The first-order valence-electron chi connectivity index (χ1n) is 6.59. The SMILES string of the molecule is CCc1noc(C)c1C(=O)N[C@@H](CO)c1ccccc1. The molecule has 5 nitrogen and oxygen atoms in total. The molecule has 2 aromatic rings. The van der Waals surface area contributed by atoms with E-state index in [4.69, 9.17) is 4.52 Å². The second-order valence-electron chi connectivity index (χ2n) is 4.53. The lowest BCUT2D eigenvalue weighted by Gasteiger charge is -2.16. The summed E-state index contributed by atoms with van der Waals surface area (Å²) in [5.74, 6) is 0.215. The number of aryl methyl sites for hydroxylation is 2. The zero-order valence-electron chi connectivity index (χ0n) is 11.6. The molecule has 0 bridgehead atoms. The maximum atomic E-state index is 12.3. The van der Waals surface area contributed by atoms with Crippen LogP contribution in [0.3, 0.4) is 0 Å². The van der Waals surface area contributed by atoms with Crippen molar-refractivity contribution in [1.29, 1.82) is 0 Å². The number of nitrogens with one attached hydrogen (secondary N) is 1. The van der Waals surface area contributed by atoms with E-state index < -0.39 is 6.04 Å². The number of hydrogen-bond acceptors (Lipinski definition) is 4. The summed E-state index contributed by atoms with van der Waals surface area (Å²) in [6.45, 7) is 3.45. The smallest absolute Gasteiger partial charge is 0.257 e. The molecule has 20 heavy (non-hydrogen) atoms. The molecular weight excluding hydrogens is 256 g/mol. The van der Waals surface area contributed by atoms with E-state index >= 15 is 0 Å². The van der Waals surface area contributed by atoms with Gasteiger partial charge < -0.3 is 14.9 Å². The molecule has 1 heterocycles. The topological polar surface area (TPSA) is 75.4 Å². The van der Waals surface area contributed by atoms with Gasteiger partial charge in [-0.1, -0.05) is 42.4 Å². The first-order valence-corrected chi connectivity index (χ1v) is 6.59. The van der Waals surface area contributed by atoms with Crippen LogP contribution in [0.5, 0.6) is 0 Å². The van der Waals surface area contributed by atoms with Gasteiger partial charge in [0.15, 0.2) is 0 Å². The van der Waals surface area contributed by atoms with Gasteiger partial charge in [0, 0.05) is 0 Å². The molecule has 1 aromatic carbocycles. The molecule has 2 N–H and O–H groups in total. The molecule has 0 saturated carbocycles. The van der Waals surface area contributed by atoms with Crippen LogP contribution in [0.25, 0.3) is 0 Å². The Morgan fingerprint density at radius 2 is 2.10 bits per heavy atom. The van der Waals surface area contributed by atoms with Gasteiger partial charge >= 0.3 is 0 Å². The van der Waals surface area contributed by atoms with Crippen LogP contribution in [-0.4, -0.2) is 22.8 Å². The molecular formula is C15H18N2O3. The van der Waals surface area contributed by atoms with E-state index in [1.54, 1.807) is 6.92 Å². The second-order valence-corrected chi connectivity index (χ2v) is 4.53. The molecule has 0 aliphatic rings. The molecule has 0 aliphatic heterocycles. The number of aromatic nitrogens is 1. The molecule has 0 aliphatic carbocycles. The molecule has 0 radical (unpaired) electrons. The Bertz CT molecular complexity index is 578. The highest BCUT2D eigenvalue weighted by atomic mass is 16.5. The van der Waals surface area contributed by atoms with Crippen molar-refractivity contribution in [1.82, 2.24) is 10.5 Å². The van der Waals surface area contributed by atoms with E-state index in [0.29, 0.717) is 23.4 Å². The average molecular weight is 274 g/mol. The van der Waals surface area contributed by atoms with E-state index in [0.717, 1.165) is 5.56 Å². The minimum Gasteiger partial charge on any atom is -0.394 e. The highest BCUT2D eigenvalue weighted by Gasteiger charge is 2.22. The summed E-state index contributed by atoms with van der Waals surface area (Å²) in [7, 11) is 0. The van der Waals surface area contributed by atoms with Gasteiger partial charge in [-0.3, -0.25) is 4.79 Å². The van der Waals surface area contributed by atoms with Gasteiger partial charge in [0.2, 0.25) is 0 Å². The van der Waals surface area contributed by atoms with Crippen LogP contribution >= 0.6 is 0 Å². The molecule has 5 heteroatoms. The van der Waals surface area contributed by atoms with Gasteiger partial charge in [-0.2, -0.15) is 0 Å². The quantitative estimate of drug-likeness (QED) is 0.874. The minimum atomic E-state index is -0.442. The molecule has 1 aromatic heterocycles. The number of carbonyl (C=O) groups excluding carboxylic acids is 1. The van der Waals surface area contributed by atoms with Crippen LogP contribution in [0.4, 0.5) is 0 Å². The predicted molar refractivity (Wildman–Crippen MR) is 74.4 cm³/mol. The summed E-state index contributed by atoms with van der Waals surface area (Å²) in [5, 5.41) is 16.1. The van der Waals surface area contributed by atoms with Crippen molar-refractivity contribution in [3.05, 3.63) is 52.9 Å². The van der Waals surface area contributed by atoms with Crippen molar-refractivity contribution in [2.24, 2.45) is 0 Å². The Labute approximate surface area is 117 Å². The lowest BCUT2D eigenvalue weighted by molar-refractivity contribution is 0.0914. The van der Waals surface area contributed by atoms with Gasteiger partial charge in [0.25, 0.3) is 5.91 Å². The van der Waals surface area contributed by atoms with Gasteiger partial charge in [0.05, 0.1) is 18.3 Å². The number of carbonyl (C=O) groups is 1. The van der Waals surface area contributed by atoms with Crippen LogP contribution in [0.2, 0.25) is 0 Å². The van der Waals surface area contributed by atoms with Crippen molar-refractivity contribution >= 4 is 5.91 Å². The number of hydrogen-bond donors (Lipinski definition) is 2. The third kappa shape index (κ3) is 2.88. The van der Waals surface area contributed by atoms with Crippen molar-refractivity contribution in [2.45, 2.75) is 26.3 Å². The maximum Gasteiger partial charge on any atom is 0.257 e. The summed E-state index contributed by atoms with van der Waals surface area (Å²) >= 11 is 0. The maximum absolute atomic E-state index is 12.3. The Balaban J connectivity index is 2.20. The lowest BCUT2D eigenvalue weighted by atomic mass is 10.1. The monoisotopic (exact) mass is 274 g/mol. The zero-order chi connectivity index (χ0) is 14.5. The number of nitrogens with zero attached hydrogens (tertiary/aromatic N) is 1. The first-order chi connectivity index (χ1) is 9.67. The summed E-state index contributed by atoms with van der Waals surface area (Å²) in [6, 6.07) is 8.91. The van der Waals surface area contributed by atoms with Crippen LogP contribution in [0, 0.1) is 6.92 Å². The van der Waals surface area contributed by atoms with Crippen molar-refractivity contribution < 1.29 is 14.4 Å². The third-order valence-electron chi connectivity index (χ3n) is 3.19. The van der Waals surface area contributed by atoms with Crippen molar-refractivity contribution in [3.8, 4) is 0 Å². The average Bonchev–Trinajstić information content (AvgIpc) is 2.86. The van der Waals surface area contributed by atoms with Crippen LogP contribution in [0.1, 0.15) is 40.3 Å². The van der Waals surface area contributed by atoms with E-state index in [2.05, 4.69) is 10.5 Å². The van der Waals surface area contributed by atoms with E-state index in [1.807, 2.05) is 37.3 Å². The highest BCUT2D eigenvalue weighted by molar-refractivity contribution is 5.96. The van der Waals surface area contributed by atoms with Crippen LogP contribution in [-0.2, 0) is 6.42 Å². The van der Waals surface area contributed by atoms with E-state index in [9.17, 15) is 9.90 Å². The number of rotatable bonds is 5. The standard InChI is InChI=1S/C15H18N2O3/c1-3-12-14(10(2)20-17-12)15(19)16-13(9-18)11-7-5-4-6-8-11/h4-8,13,18H,3,9H2,1-2H3,(H,16,19)/t13-/m0/s1. The van der Waals surface area contributed by atoms with Crippen LogP contribution < -0.4 is 5.32 Å². The Kier molecular flexibility index (Phi) is 4.53. The zero-order valence-corrected chi connectivity index (χ0v) is 11.6. The second kappa shape index (κ2) is 6.34. The fourth-order valence-electron chi connectivity index (χ4n) is 2.10. The van der Waals surface area contributed by atoms with Gasteiger partial charge in [-0.25, -0.2) is 0 Å². The molecule has 2 rings (SSSR count). The lowest BCUT2D eigenvalue weighted by Crippen LogP contribution is -2.31. The summed E-state index contributed by atoms with van der Waals surface area (Å²) in [5.41, 5.74) is 1.95. The molecule has 0 saturated heterocycles. The van der Waals surface area contributed by atoms with Crippen molar-refractivity contribution in [2.75, 3.05) is 6.61 Å². The minimum absolute atomic E-state index is 0.165. The van der Waals surface area contributed by atoms with Gasteiger partial charge in [-0.05, 0) is 18.9 Å². The summed E-state index contributed by atoms with van der Waals surface area (Å²) in [6.07, 6.45) is 0.620. The molecule has 1 amide bonds. The molecule has 106 valence electrons. The molecule has 0 unspecified atom stereocenters. The van der Waals surface area contributed by atoms with Crippen molar-refractivity contribution in [3.63, 3.8) is 0 Å². The fraction of sp³-hybridized carbons (Fsp3) is 0.333. The first kappa shape index (κ1) is 14.3. The van der Waals surface area contributed by atoms with Crippen LogP contribution in [0.15, 0.2) is 34.9 Å². The summed E-state index contributed by atoms with van der Waals surface area (Å²) < 4.78 is 5.06.